The third kappa shape index (κ3) is 8.48. The Hall–Kier alpha value is 1.96. The van der Waals surface area contributed by atoms with Crippen LogP contribution in [0.15, 0.2) is 0 Å². The highest BCUT2D eigenvalue weighted by atomic mass is 32.9. The van der Waals surface area contributed by atoms with Gasteiger partial charge in [-0.25, -0.2) is 0 Å². The fourth-order valence-corrected chi connectivity index (χ4v) is 24.5. The van der Waals surface area contributed by atoms with Crippen LogP contribution in [0, 0.1) is 0 Å². The van der Waals surface area contributed by atoms with Crippen LogP contribution in [0.25, 0.3) is 0 Å². The van der Waals surface area contributed by atoms with Gasteiger partial charge in [-0.1, -0.05) is 75.9 Å². The highest BCUT2D eigenvalue weighted by Gasteiger charge is 2.43. The largest absolute Gasteiger partial charge is 0.361 e. The van der Waals surface area contributed by atoms with Gasteiger partial charge in [-0.15, -0.1) is 0 Å². The number of thiol groups is 2. The molecule has 1 nitrogen and oxygen atoms in total. The van der Waals surface area contributed by atoms with E-state index in [1.54, 1.807) is 0 Å². The first-order valence-electron chi connectivity index (χ1n) is 14.2. The summed E-state index contributed by atoms with van der Waals surface area (Å²) in [5.74, 6) is 0. The summed E-state index contributed by atoms with van der Waals surface area (Å²) in [5, 5.41) is -1.14. The van der Waals surface area contributed by atoms with E-state index in [1.165, 1.54) is 128 Å². The van der Waals surface area contributed by atoms with E-state index >= 15 is 0 Å². The highest BCUT2D eigenvalue weighted by molar-refractivity contribution is 8.67. The van der Waals surface area contributed by atoms with Gasteiger partial charge >= 0.3 is 0 Å². The Morgan fingerprint density at radius 2 is 0.788 bits per heavy atom. The first-order chi connectivity index (χ1) is 16.1. The van der Waals surface area contributed by atoms with Crippen LogP contribution in [-0.2, 0) is 26.6 Å². The molecule has 0 aliphatic heterocycles. The molecule has 0 aromatic heterocycles. The predicted octanol–water partition coefficient (Wildman–Crippen LogP) is 9.97. The standard InChI is InChI=1S/C26H50OP2S4/c30-28(23-13-5-1-6-14-23,32-25-17-9-3-10-18-25)21-27-22-29(31,24-15-7-2-8-16-24)33-26-19-11-4-12-20-26/h23-26,30-31H,1-22H2/q+2. The lowest BCUT2D eigenvalue weighted by atomic mass is 10.0. The van der Waals surface area contributed by atoms with Gasteiger partial charge in [0.1, 0.15) is 12.7 Å². The van der Waals surface area contributed by atoms with E-state index in [0.29, 0.717) is 0 Å². The van der Waals surface area contributed by atoms with Crippen LogP contribution in [0.3, 0.4) is 0 Å². The van der Waals surface area contributed by atoms with Crippen molar-refractivity contribution in [3.05, 3.63) is 0 Å². The average molecular weight is 569 g/mol. The lowest BCUT2D eigenvalue weighted by molar-refractivity contribution is 0.232. The van der Waals surface area contributed by atoms with Gasteiger partial charge in [-0.3, -0.25) is 0 Å². The normalized spacial score (nSPS) is 28.7. The van der Waals surface area contributed by atoms with Crippen molar-refractivity contribution in [3.8, 4) is 0 Å². The van der Waals surface area contributed by atoms with E-state index in [1.807, 2.05) is 0 Å². The molecular weight excluding hydrogens is 519 g/mol. The lowest BCUT2D eigenvalue weighted by Gasteiger charge is -2.29. The highest BCUT2D eigenvalue weighted by Crippen LogP contribution is 2.65. The Morgan fingerprint density at radius 1 is 0.485 bits per heavy atom. The van der Waals surface area contributed by atoms with Gasteiger partial charge in [-0.05, 0) is 51.4 Å². The van der Waals surface area contributed by atoms with Crippen LogP contribution < -0.4 is 0 Å². The number of hydrogen-bond acceptors (Lipinski definition) is 1. The van der Waals surface area contributed by atoms with Crippen LogP contribution in [0.2, 0.25) is 0 Å². The van der Waals surface area contributed by atoms with Crippen molar-refractivity contribution in [2.75, 3.05) is 12.7 Å². The number of hydrogen-bond donors (Lipinski definition) is 2. The Labute approximate surface area is 223 Å². The Morgan fingerprint density at radius 3 is 1.12 bits per heavy atom. The molecule has 2 atom stereocenters. The van der Waals surface area contributed by atoms with Crippen molar-refractivity contribution in [3.63, 3.8) is 0 Å². The zero-order valence-corrected chi connectivity index (χ0v) is 26.1. The molecule has 0 bridgehead atoms. The Kier molecular flexibility index (Phi) is 12.0. The molecule has 33 heavy (non-hydrogen) atoms. The summed E-state index contributed by atoms with van der Waals surface area (Å²) in [6.45, 7) is 0. The zero-order valence-electron chi connectivity index (χ0n) is 20.9. The van der Waals surface area contributed by atoms with Gasteiger partial charge in [0, 0.05) is 37.0 Å². The third-order valence-electron chi connectivity index (χ3n) is 8.61. The van der Waals surface area contributed by atoms with Crippen molar-refractivity contribution in [1.29, 1.82) is 0 Å². The molecule has 7 heteroatoms. The second-order valence-electron chi connectivity index (χ2n) is 11.3. The molecule has 4 aliphatic carbocycles. The van der Waals surface area contributed by atoms with E-state index in [4.69, 9.17) is 29.2 Å². The van der Waals surface area contributed by atoms with Crippen LogP contribution in [0.4, 0.5) is 0 Å². The third-order valence-corrected chi connectivity index (χ3v) is 26.1. The topological polar surface area (TPSA) is 9.23 Å². The molecule has 0 heterocycles. The minimum Gasteiger partial charge on any atom is -0.361 e. The van der Waals surface area contributed by atoms with Crippen molar-refractivity contribution in [2.24, 2.45) is 0 Å². The van der Waals surface area contributed by atoms with Crippen LogP contribution in [0.5, 0.6) is 0 Å². The van der Waals surface area contributed by atoms with Crippen molar-refractivity contribution < 1.29 is 4.74 Å². The van der Waals surface area contributed by atoms with E-state index in [0.717, 1.165) is 34.5 Å². The number of ether oxygens (including phenoxy) is 1. The van der Waals surface area contributed by atoms with Crippen LogP contribution in [-0.4, -0.2) is 34.5 Å². The fraction of sp³-hybridized carbons (Fsp3) is 1.00. The Balaban J connectivity index is 1.48. The molecule has 4 aliphatic rings. The summed E-state index contributed by atoms with van der Waals surface area (Å²) in [5.41, 5.74) is 1.66. The molecule has 0 saturated heterocycles. The predicted molar refractivity (Wildman–Crippen MR) is 165 cm³/mol. The first-order valence-corrected chi connectivity index (χ1v) is 23.6. The second-order valence-corrected chi connectivity index (χ2v) is 29.1. The Bertz CT molecular complexity index is 630. The van der Waals surface area contributed by atoms with Crippen molar-refractivity contribution >= 4 is 56.9 Å². The summed E-state index contributed by atoms with van der Waals surface area (Å²) in [6, 6.07) is 0. The van der Waals surface area contributed by atoms with Crippen molar-refractivity contribution in [1.82, 2.24) is 0 Å². The molecule has 0 spiro atoms. The monoisotopic (exact) mass is 568 g/mol. The first kappa shape index (κ1) is 28.0. The van der Waals surface area contributed by atoms with E-state index in [2.05, 4.69) is 21.9 Å². The van der Waals surface area contributed by atoms with Gasteiger partial charge < -0.3 is 4.74 Å². The zero-order chi connectivity index (χ0) is 23.0. The molecule has 0 aromatic carbocycles. The summed E-state index contributed by atoms with van der Waals surface area (Å²) >= 11 is 11.2. The fourth-order valence-electron chi connectivity index (χ4n) is 6.57. The quantitative estimate of drug-likeness (QED) is 0.168. The molecule has 0 N–H and O–H groups in total. The van der Waals surface area contributed by atoms with Crippen LogP contribution in [0.1, 0.15) is 128 Å². The molecule has 0 radical (unpaired) electrons. The van der Waals surface area contributed by atoms with Gasteiger partial charge in [0.2, 0.25) is 10.5 Å². The molecule has 4 fully saturated rings. The SMILES string of the molecule is SP(COCP(S)(=[S+]C1CCCCC1)C1CCCCC1)(=[S+]C1CCCCC1)C1CCCCC1. The number of rotatable bonds is 8. The second kappa shape index (κ2) is 14.2. The molecule has 0 aromatic rings. The van der Waals surface area contributed by atoms with Crippen LogP contribution >= 0.6 is 35.0 Å². The van der Waals surface area contributed by atoms with Gasteiger partial charge in [0.05, 0.1) is 0 Å². The van der Waals surface area contributed by atoms with Gasteiger partial charge in [0.25, 0.3) is 0 Å². The minimum absolute atomic E-state index is 0.829. The summed E-state index contributed by atoms with van der Waals surface area (Å²) in [4.78, 5) is 0. The maximum atomic E-state index is 6.86. The average Bonchev–Trinajstić information content (AvgIpc) is 2.86. The maximum Gasteiger partial charge on any atom is 0.204 e. The molecule has 4 saturated carbocycles. The molecule has 4 rings (SSSR count). The molecule has 2 unspecified atom stereocenters. The summed E-state index contributed by atoms with van der Waals surface area (Å²) in [7, 11) is 4.65. The molecular formula is C26H50OP2S4+2. The van der Waals surface area contributed by atoms with Crippen molar-refractivity contribution in [2.45, 2.75) is 150 Å². The molecule has 0 amide bonds. The minimum atomic E-state index is -1.42. The summed E-state index contributed by atoms with van der Waals surface area (Å²) in [6.07, 6.45) is 30.3. The van der Waals surface area contributed by atoms with E-state index in [9.17, 15) is 0 Å². The summed E-state index contributed by atoms with van der Waals surface area (Å²) < 4.78 is 6.86. The van der Waals surface area contributed by atoms with E-state index < -0.39 is 10.5 Å². The van der Waals surface area contributed by atoms with E-state index in [-0.39, 0.29) is 0 Å². The molecule has 192 valence electrons. The lowest BCUT2D eigenvalue weighted by Crippen LogP contribution is -2.20. The smallest absolute Gasteiger partial charge is 0.204 e. The van der Waals surface area contributed by atoms with Gasteiger partial charge in [-0.2, -0.15) is 0 Å². The van der Waals surface area contributed by atoms with Gasteiger partial charge in [0.15, 0.2) is 32.4 Å². The maximum absolute atomic E-state index is 6.86.